The number of hydrogen-bond donors (Lipinski definition) is 2. The molecule has 1 heterocycles. The second-order valence-corrected chi connectivity index (χ2v) is 9.33. The van der Waals surface area contributed by atoms with Gasteiger partial charge in [-0.2, -0.15) is 0 Å². The topological polar surface area (TPSA) is 50.4 Å². The Hall–Kier alpha value is -1.26. The summed E-state index contributed by atoms with van der Waals surface area (Å²) in [5, 5.41) is 6.72. The average Bonchev–Trinajstić information content (AvgIpc) is 3.26. The molecule has 1 aromatic carbocycles. The highest BCUT2D eigenvalue weighted by molar-refractivity contribution is 5.85. The van der Waals surface area contributed by atoms with Crippen molar-refractivity contribution in [2.24, 2.45) is 16.7 Å². The zero-order valence-electron chi connectivity index (χ0n) is 17.4. The van der Waals surface area contributed by atoms with Crippen LogP contribution in [0.3, 0.4) is 0 Å². The van der Waals surface area contributed by atoms with Crippen molar-refractivity contribution in [3.05, 3.63) is 29.3 Å². The molecule has 2 unspecified atom stereocenters. The molecule has 2 fully saturated rings. The fourth-order valence-corrected chi connectivity index (χ4v) is 4.17. The summed E-state index contributed by atoms with van der Waals surface area (Å²) in [5.74, 6) is 1.35. The smallest absolute Gasteiger partial charge is 0.224 e. The Bertz CT molecular complexity index is 643. The number of benzene rings is 1. The second kappa shape index (κ2) is 8.40. The van der Waals surface area contributed by atoms with Gasteiger partial charge in [0, 0.05) is 5.92 Å². The third-order valence-corrected chi connectivity index (χ3v) is 6.27. The summed E-state index contributed by atoms with van der Waals surface area (Å²) in [4.78, 5) is 12.9. The highest BCUT2D eigenvalue weighted by Crippen LogP contribution is 2.58. The highest BCUT2D eigenvalue weighted by atomic mass is 35.5. The maximum absolute atomic E-state index is 12.9. The standard InChI is InChI=1S/C22H34N2O2.ClH/c1-15-7-6-8-16(2)19(15)26-14-18(21(3,4)5)24-20(25)17-13-22(17)9-11-23-12-10-22;/h6-8,17-18,23H,9-14H2,1-5H3,(H,24,25);1H. The van der Waals surface area contributed by atoms with Gasteiger partial charge in [0.2, 0.25) is 5.91 Å². The fraction of sp³-hybridized carbons (Fsp3) is 0.682. The normalized spacial score (nSPS) is 21.9. The molecular formula is C22H35ClN2O2. The van der Waals surface area contributed by atoms with Gasteiger partial charge in [0.1, 0.15) is 12.4 Å². The molecular weight excluding hydrogens is 360 g/mol. The van der Waals surface area contributed by atoms with Gasteiger partial charge in [-0.25, -0.2) is 0 Å². The van der Waals surface area contributed by atoms with E-state index in [2.05, 4.69) is 57.4 Å². The quantitative estimate of drug-likeness (QED) is 0.792. The van der Waals surface area contributed by atoms with E-state index in [9.17, 15) is 4.79 Å². The lowest BCUT2D eigenvalue weighted by Gasteiger charge is -2.32. The minimum atomic E-state index is -0.0532. The van der Waals surface area contributed by atoms with Crippen LogP contribution in [0.25, 0.3) is 0 Å². The number of piperidine rings is 1. The molecule has 1 saturated heterocycles. The summed E-state index contributed by atoms with van der Waals surface area (Å²) in [5.41, 5.74) is 2.49. The molecule has 4 nitrogen and oxygen atoms in total. The molecule has 3 rings (SSSR count). The van der Waals surface area contributed by atoms with Crippen LogP contribution in [0.1, 0.15) is 51.2 Å². The summed E-state index contributed by atoms with van der Waals surface area (Å²) in [6.45, 7) is 13.2. The third-order valence-electron chi connectivity index (χ3n) is 6.27. The molecule has 2 atom stereocenters. The van der Waals surface area contributed by atoms with E-state index in [1.807, 2.05) is 6.07 Å². The fourth-order valence-electron chi connectivity index (χ4n) is 4.17. The highest BCUT2D eigenvalue weighted by Gasteiger charge is 2.58. The van der Waals surface area contributed by atoms with Gasteiger partial charge in [0.05, 0.1) is 6.04 Å². The van der Waals surface area contributed by atoms with Gasteiger partial charge < -0.3 is 15.4 Å². The van der Waals surface area contributed by atoms with Crippen molar-refractivity contribution in [3.8, 4) is 5.75 Å². The van der Waals surface area contributed by atoms with Crippen LogP contribution in [-0.2, 0) is 4.79 Å². The number of hydrogen-bond acceptors (Lipinski definition) is 3. The SMILES string of the molecule is Cc1cccc(C)c1OCC(NC(=O)C1CC12CCNCC2)C(C)(C)C.Cl. The molecule has 0 aromatic heterocycles. The number of carbonyl (C=O) groups is 1. The lowest BCUT2D eigenvalue weighted by atomic mass is 9.86. The summed E-state index contributed by atoms with van der Waals surface area (Å²) >= 11 is 0. The van der Waals surface area contributed by atoms with Crippen molar-refractivity contribution >= 4 is 18.3 Å². The Morgan fingerprint density at radius 2 is 1.85 bits per heavy atom. The van der Waals surface area contributed by atoms with Crippen molar-refractivity contribution in [1.82, 2.24) is 10.6 Å². The van der Waals surface area contributed by atoms with Crippen LogP contribution in [-0.4, -0.2) is 31.6 Å². The molecule has 27 heavy (non-hydrogen) atoms. The average molecular weight is 395 g/mol. The van der Waals surface area contributed by atoms with E-state index < -0.39 is 0 Å². The maximum Gasteiger partial charge on any atom is 0.224 e. The summed E-state index contributed by atoms with van der Waals surface area (Å²) in [6.07, 6.45) is 3.31. The molecule has 2 N–H and O–H groups in total. The largest absolute Gasteiger partial charge is 0.491 e. The van der Waals surface area contributed by atoms with Gasteiger partial charge in [0.15, 0.2) is 0 Å². The van der Waals surface area contributed by atoms with E-state index in [-0.39, 0.29) is 41.1 Å². The van der Waals surface area contributed by atoms with Crippen molar-refractivity contribution in [2.45, 2.75) is 59.9 Å². The number of nitrogens with one attached hydrogen (secondary N) is 2. The van der Waals surface area contributed by atoms with E-state index in [1.54, 1.807) is 0 Å². The Morgan fingerprint density at radius 1 is 1.26 bits per heavy atom. The van der Waals surface area contributed by atoms with Crippen LogP contribution < -0.4 is 15.4 Å². The minimum absolute atomic E-state index is 0. The monoisotopic (exact) mass is 394 g/mol. The number of ether oxygens (including phenoxy) is 1. The molecule has 1 aromatic rings. The van der Waals surface area contributed by atoms with Gasteiger partial charge in [-0.1, -0.05) is 39.0 Å². The van der Waals surface area contributed by atoms with E-state index in [4.69, 9.17) is 4.74 Å². The summed E-state index contributed by atoms with van der Waals surface area (Å²) in [6, 6.07) is 6.18. The van der Waals surface area contributed by atoms with Gasteiger partial charge >= 0.3 is 0 Å². The van der Waals surface area contributed by atoms with E-state index in [0.29, 0.717) is 6.61 Å². The van der Waals surface area contributed by atoms with E-state index in [0.717, 1.165) is 49.2 Å². The number of amides is 1. The molecule has 1 saturated carbocycles. The van der Waals surface area contributed by atoms with Gasteiger partial charge in [0.25, 0.3) is 0 Å². The number of aryl methyl sites for hydroxylation is 2. The van der Waals surface area contributed by atoms with Gasteiger partial charge in [-0.05, 0) is 68.2 Å². The first-order valence-corrected chi connectivity index (χ1v) is 9.93. The van der Waals surface area contributed by atoms with Crippen LogP contribution in [0.4, 0.5) is 0 Å². The molecule has 1 spiro atoms. The van der Waals surface area contributed by atoms with Crippen LogP contribution in [0.2, 0.25) is 0 Å². The number of para-hydroxylation sites is 1. The minimum Gasteiger partial charge on any atom is -0.491 e. The first kappa shape index (κ1) is 22.0. The maximum atomic E-state index is 12.9. The number of halogens is 1. The van der Waals surface area contributed by atoms with Crippen molar-refractivity contribution in [1.29, 1.82) is 0 Å². The molecule has 5 heteroatoms. The molecule has 2 aliphatic rings. The first-order chi connectivity index (χ1) is 12.2. The van der Waals surface area contributed by atoms with Crippen molar-refractivity contribution in [3.63, 3.8) is 0 Å². The summed E-state index contributed by atoms with van der Waals surface area (Å²) in [7, 11) is 0. The first-order valence-electron chi connectivity index (χ1n) is 9.93. The molecule has 1 aliphatic heterocycles. The van der Waals surface area contributed by atoms with Crippen LogP contribution >= 0.6 is 12.4 Å². The van der Waals surface area contributed by atoms with Crippen LogP contribution in [0.15, 0.2) is 18.2 Å². The zero-order chi connectivity index (χ0) is 18.9. The van der Waals surface area contributed by atoms with Gasteiger partial charge in [-0.15, -0.1) is 12.4 Å². The Balaban J connectivity index is 0.00000261. The van der Waals surface area contributed by atoms with Crippen molar-refractivity contribution < 1.29 is 9.53 Å². The van der Waals surface area contributed by atoms with E-state index >= 15 is 0 Å². The molecule has 152 valence electrons. The Kier molecular flexibility index (Phi) is 6.86. The predicted octanol–water partition coefficient (Wildman–Crippen LogP) is 4.02. The lowest BCUT2D eigenvalue weighted by molar-refractivity contribution is -0.125. The molecule has 0 bridgehead atoms. The van der Waals surface area contributed by atoms with Crippen molar-refractivity contribution in [2.75, 3.05) is 19.7 Å². The zero-order valence-corrected chi connectivity index (χ0v) is 18.2. The number of carbonyl (C=O) groups excluding carboxylic acids is 1. The molecule has 1 amide bonds. The van der Waals surface area contributed by atoms with Crippen LogP contribution in [0.5, 0.6) is 5.75 Å². The Morgan fingerprint density at radius 3 is 2.41 bits per heavy atom. The van der Waals surface area contributed by atoms with Gasteiger partial charge in [-0.3, -0.25) is 4.79 Å². The second-order valence-electron chi connectivity index (χ2n) is 9.33. The lowest BCUT2D eigenvalue weighted by Crippen LogP contribution is -2.48. The Labute approximate surface area is 170 Å². The van der Waals surface area contributed by atoms with Crippen LogP contribution in [0, 0.1) is 30.6 Å². The molecule has 1 aliphatic carbocycles. The van der Waals surface area contributed by atoms with E-state index in [1.165, 1.54) is 0 Å². The predicted molar refractivity (Wildman–Crippen MR) is 113 cm³/mol. The third kappa shape index (κ3) is 4.97. The molecule has 0 radical (unpaired) electrons. The number of rotatable bonds is 5. The summed E-state index contributed by atoms with van der Waals surface area (Å²) < 4.78 is 6.17.